The Morgan fingerprint density at radius 1 is 1.00 bits per heavy atom. The van der Waals surface area contributed by atoms with Crippen molar-refractivity contribution in [1.82, 2.24) is 14.6 Å². The molecule has 4 aromatic rings. The summed E-state index contributed by atoms with van der Waals surface area (Å²) in [6.45, 7) is 4.45. The number of hydrogen-bond donors (Lipinski definition) is 0. The van der Waals surface area contributed by atoms with E-state index >= 15 is 0 Å². The maximum Gasteiger partial charge on any atom is 0.291 e. The third-order valence-corrected chi connectivity index (χ3v) is 6.04. The second-order valence-corrected chi connectivity index (χ2v) is 7.60. The number of benzene rings is 2. The second-order valence-electron chi connectivity index (χ2n) is 6.62. The maximum atomic E-state index is 13.1. The van der Waals surface area contributed by atoms with Crippen LogP contribution in [-0.2, 0) is 4.79 Å². The van der Waals surface area contributed by atoms with Crippen molar-refractivity contribution in [3.8, 4) is 11.4 Å². The Kier molecular flexibility index (Phi) is 3.67. The summed E-state index contributed by atoms with van der Waals surface area (Å²) in [5, 5.41) is 4.42. The van der Waals surface area contributed by atoms with Crippen LogP contribution < -0.4 is 15.0 Å². The Balaban J connectivity index is 1.76. The van der Waals surface area contributed by atoms with Gasteiger partial charge in [0.2, 0.25) is 4.96 Å². The lowest BCUT2D eigenvalue weighted by Crippen LogP contribution is -2.32. The summed E-state index contributed by atoms with van der Waals surface area (Å²) in [7, 11) is 0. The number of fused-ring (bicyclic) bond motifs is 2. The number of thiazole rings is 1. The number of rotatable bonds is 2. The molecule has 0 N–H and O–H groups in total. The Morgan fingerprint density at radius 3 is 2.43 bits per heavy atom. The molecule has 28 heavy (non-hydrogen) atoms. The van der Waals surface area contributed by atoms with Crippen molar-refractivity contribution < 1.29 is 4.79 Å². The lowest BCUT2D eigenvalue weighted by atomic mass is 10.1. The van der Waals surface area contributed by atoms with E-state index in [1.54, 1.807) is 4.90 Å². The molecule has 0 spiro atoms. The largest absolute Gasteiger partial charge is 0.308 e. The fourth-order valence-electron chi connectivity index (χ4n) is 3.64. The number of anilines is 1. The highest BCUT2D eigenvalue weighted by atomic mass is 32.1. The van der Waals surface area contributed by atoms with E-state index in [-0.39, 0.29) is 11.5 Å². The van der Waals surface area contributed by atoms with Gasteiger partial charge >= 0.3 is 0 Å². The first kappa shape index (κ1) is 16.8. The monoisotopic (exact) mass is 388 g/mol. The number of para-hydroxylation sites is 1. The molecular formula is C21H16N4O2S. The summed E-state index contributed by atoms with van der Waals surface area (Å²) in [4.78, 5) is 32.8. The zero-order chi connectivity index (χ0) is 19.4. The van der Waals surface area contributed by atoms with Crippen molar-refractivity contribution in [1.29, 1.82) is 0 Å². The van der Waals surface area contributed by atoms with E-state index in [1.165, 1.54) is 15.9 Å². The van der Waals surface area contributed by atoms with Crippen molar-refractivity contribution in [3.05, 3.63) is 74.5 Å². The average Bonchev–Trinajstić information content (AvgIpc) is 3.32. The van der Waals surface area contributed by atoms with Gasteiger partial charge in [-0.15, -0.1) is 5.10 Å². The smallest absolute Gasteiger partial charge is 0.291 e. The van der Waals surface area contributed by atoms with Gasteiger partial charge in [-0.2, -0.15) is 9.50 Å². The van der Waals surface area contributed by atoms with Crippen LogP contribution in [0.25, 0.3) is 21.9 Å². The molecule has 7 heteroatoms. The number of carbonyl (C=O) groups excluding carboxylic acids is 1. The molecule has 1 amide bonds. The molecule has 5 rings (SSSR count). The lowest BCUT2D eigenvalue weighted by molar-refractivity contribution is -0.113. The summed E-state index contributed by atoms with van der Waals surface area (Å²) >= 11 is 1.21. The zero-order valence-electron chi connectivity index (χ0n) is 15.3. The van der Waals surface area contributed by atoms with E-state index in [4.69, 9.17) is 0 Å². The van der Waals surface area contributed by atoms with E-state index < -0.39 is 0 Å². The minimum Gasteiger partial charge on any atom is -0.308 e. The summed E-state index contributed by atoms with van der Waals surface area (Å²) in [5.74, 6) is 0.371. The van der Waals surface area contributed by atoms with Crippen LogP contribution >= 0.6 is 11.3 Å². The molecule has 0 aliphatic carbocycles. The summed E-state index contributed by atoms with van der Waals surface area (Å²) < 4.78 is 1.69. The second kappa shape index (κ2) is 6.10. The minimum absolute atomic E-state index is 0.149. The van der Waals surface area contributed by atoms with E-state index in [0.717, 1.165) is 22.4 Å². The molecule has 0 bridgehead atoms. The van der Waals surface area contributed by atoms with Gasteiger partial charge in [-0.05, 0) is 25.5 Å². The summed E-state index contributed by atoms with van der Waals surface area (Å²) in [6.07, 6.45) is 0. The fraction of sp³-hybridized carbons (Fsp3) is 0.143. The van der Waals surface area contributed by atoms with Crippen LogP contribution in [-0.4, -0.2) is 27.0 Å². The normalized spacial score (nSPS) is 15.5. The van der Waals surface area contributed by atoms with Gasteiger partial charge in [0, 0.05) is 17.7 Å². The van der Waals surface area contributed by atoms with E-state index in [2.05, 4.69) is 10.1 Å². The number of aryl methyl sites for hydroxylation is 1. The first-order chi connectivity index (χ1) is 13.6. The highest BCUT2D eigenvalue weighted by molar-refractivity contribution is 7.15. The summed E-state index contributed by atoms with van der Waals surface area (Å²) in [6, 6.07) is 15.4. The van der Waals surface area contributed by atoms with Crippen LogP contribution in [0.3, 0.4) is 0 Å². The molecule has 0 fully saturated rings. The average molecular weight is 388 g/mol. The molecule has 0 unspecified atom stereocenters. The van der Waals surface area contributed by atoms with E-state index in [9.17, 15) is 9.59 Å². The molecule has 0 radical (unpaired) electrons. The lowest BCUT2D eigenvalue weighted by Gasteiger charge is -2.13. The molecule has 6 nitrogen and oxygen atoms in total. The van der Waals surface area contributed by atoms with Gasteiger partial charge in [-0.25, -0.2) is 0 Å². The first-order valence-electron chi connectivity index (χ1n) is 9.01. The Hall–Kier alpha value is -3.32. The van der Waals surface area contributed by atoms with Crippen LogP contribution in [0.1, 0.15) is 18.1 Å². The Labute approximate surface area is 164 Å². The summed E-state index contributed by atoms with van der Waals surface area (Å²) in [5.41, 5.74) is 3.70. The predicted molar refractivity (Wildman–Crippen MR) is 110 cm³/mol. The molecule has 0 atom stereocenters. The van der Waals surface area contributed by atoms with Gasteiger partial charge < -0.3 is 4.90 Å². The Morgan fingerprint density at radius 2 is 1.71 bits per heavy atom. The van der Waals surface area contributed by atoms with Gasteiger partial charge in [-0.1, -0.05) is 53.8 Å². The highest BCUT2D eigenvalue weighted by Gasteiger charge is 2.33. The van der Waals surface area contributed by atoms with Crippen molar-refractivity contribution in [2.75, 3.05) is 11.4 Å². The quantitative estimate of drug-likeness (QED) is 0.529. The molecule has 0 saturated heterocycles. The van der Waals surface area contributed by atoms with Crippen LogP contribution in [0.4, 0.5) is 5.69 Å². The SMILES string of the molecule is CCN1C(=O)/C(=c2/sc3nc(-c4ccccc4C)nn3c2=O)c2ccccc21. The molecule has 2 aromatic carbocycles. The number of nitrogens with zero attached hydrogens (tertiary/aromatic N) is 4. The van der Waals surface area contributed by atoms with Crippen LogP contribution in [0.2, 0.25) is 0 Å². The number of hydrogen-bond acceptors (Lipinski definition) is 5. The predicted octanol–water partition coefficient (Wildman–Crippen LogP) is 2.41. The van der Waals surface area contributed by atoms with E-state index in [1.807, 2.05) is 62.4 Å². The van der Waals surface area contributed by atoms with Crippen molar-refractivity contribution in [2.45, 2.75) is 13.8 Å². The van der Waals surface area contributed by atoms with Gasteiger partial charge in [0.25, 0.3) is 11.5 Å². The van der Waals surface area contributed by atoms with Crippen LogP contribution in [0, 0.1) is 6.92 Å². The molecule has 138 valence electrons. The molecule has 0 saturated carbocycles. The fourth-order valence-corrected chi connectivity index (χ4v) is 4.63. The third kappa shape index (κ3) is 2.26. The van der Waals surface area contributed by atoms with Crippen molar-refractivity contribution in [2.24, 2.45) is 0 Å². The third-order valence-electron chi connectivity index (χ3n) is 5.01. The number of aromatic nitrogens is 3. The van der Waals surface area contributed by atoms with Gasteiger partial charge in [0.15, 0.2) is 5.82 Å². The number of amides is 1. The molecule has 1 aliphatic rings. The molecule has 2 aromatic heterocycles. The van der Waals surface area contributed by atoms with Crippen molar-refractivity contribution >= 4 is 33.5 Å². The Bertz CT molecular complexity index is 1370. The van der Waals surface area contributed by atoms with E-state index in [0.29, 0.717) is 27.4 Å². The van der Waals surface area contributed by atoms with Gasteiger partial charge in [-0.3, -0.25) is 9.59 Å². The maximum absolute atomic E-state index is 13.1. The van der Waals surface area contributed by atoms with Crippen LogP contribution in [0.5, 0.6) is 0 Å². The minimum atomic E-state index is -0.302. The molecule has 1 aliphatic heterocycles. The zero-order valence-corrected chi connectivity index (χ0v) is 16.2. The standard InChI is InChI=1S/C21H16N4O2S/c1-3-24-15-11-7-6-10-14(15)16(19(24)26)17-20(27)25-21(28-17)22-18(23-25)13-9-5-4-8-12(13)2/h4-11H,3H2,1-2H3/b17-16+. The number of likely N-dealkylation sites (N-methyl/N-ethyl adjacent to an activating group) is 1. The first-order valence-corrected chi connectivity index (χ1v) is 9.83. The highest BCUT2D eigenvalue weighted by Crippen LogP contribution is 2.34. The van der Waals surface area contributed by atoms with Crippen molar-refractivity contribution in [3.63, 3.8) is 0 Å². The van der Waals surface area contributed by atoms with Gasteiger partial charge in [0.05, 0.1) is 11.3 Å². The molecule has 3 heterocycles. The number of carbonyl (C=O) groups is 1. The molecular weight excluding hydrogens is 372 g/mol. The van der Waals surface area contributed by atoms with Gasteiger partial charge in [0.1, 0.15) is 4.53 Å². The topological polar surface area (TPSA) is 67.6 Å². The van der Waals surface area contributed by atoms with Crippen LogP contribution in [0.15, 0.2) is 53.3 Å².